The van der Waals surface area contributed by atoms with Crippen LogP contribution in [0.5, 0.6) is 0 Å². The number of rotatable bonds is 2. The first-order valence-corrected chi connectivity index (χ1v) is 9.19. The number of amides is 2. The highest BCUT2D eigenvalue weighted by atomic mass is 127. The van der Waals surface area contributed by atoms with Crippen LogP contribution in [0.2, 0.25) is 0 Å². The SMILES string of the molecule is O=C(OC1CCCCCCCC(I)C1)ON1C(=O)CCC1=O. The molecule has 22 heavy (non-hydrogen) atoms. The molecule has 2 rings (SSSR count). The number of hydroxylamine groups is 2. The summed E-state index contributed by atoms with van der Waals surface area (Å²) in [6, 6.07) is 0. The Bertz CT molecular complexity index is 412. The van der Waals surface area contributed by atoms with Crippen LogP contribution in [-0.4, -0.2) is 33.1 Å². The summed E-state index contributed by atoms with van der Waals surface area (Å²) in [5, 5.41) is 0.532. The zero-order valence-electron chi connectivity index (χ0n) is 12.6. The van der Waals surface area contributed by atoms with Crippen LogP contribution in [0.15, 0.2) is 0 Å². The van der Waals surface area contributed by atoms with Gasteiger partial charge in [0.15, 0.2) is 0 Å². The van der Waals surface area contributed by atoms with Gasteiger partial charge in [0.1, 0.15) is 6.10 Å². The van der Waals surface area contributed by atoms with Gasteiger partial charge in [0, 0.05) is 16.8 Å². The second-order valence-corrected chi connectivity index (χ2v) is 7.60. The third kappa shape index (κ3) is 5.40. The second-order valence-electron chi connectivity index (χ2n) is 5.84. The molecule has 0 spiro atoms. The zero-order chi connectivity index (χ0) is 15.9. The van der Waals surface area contributed by atoms with E-state index in [2.05, 4.69) is 22.6 Å². The summed E-state index contributed by atoms with van der Waals surface area (Å²) in [6.07, 6.45) is 7.59. The number of ether oxygens (including phenoxy) is 1. The minimum Gasteiger partial charge on any atom is -0.429 e. The van der Waals surface area contributed by atoms with Crippen molar-refractivity contribution in [2.45, 2.75) is 74.2 Å². The summed E-state index contributed by atoms with van der Waals surface area (Å²) in [4.78, 5) is 39.4. The molecule has 0 aromatic rings. The fourth-order valence-electron chi connectivity index (χ4n) is 2.79. The van der Waals surface area contributed by atoms with Crippen molar-refractivity contribution in [2.24, 2.45) is 0 Å². The maximum absolute atomic E-state index is 11.8. The van der Waals surface area contributed by atoms with Gasteiger partial charge in [-0.1, -0.05) is 53.3 Å². The Balaban J connectivity index is 1.84. The Kier molecular flexibility index (Phi) is 6.91. The van der Waals surface area contributed by atoms with Crippen LogP contribution in [0.1, 0.15) is 64.2 Å². The first kappa shape index (κ1) is 17.5. The number of carbonyl (C=O) groups excluding carboxylic acids is 3. The molecule has 0 N–H and O–H groups in total. The molecule has 6 nitrogen and oxygen atoms in total. The summed E-state index contributed by atoms with van der Waals surface area (Å²) in [5.41, 5.74) is 0. The van der Waals surface area contributed by atoms with E-state index in [-0.39, 0.29) is 18.9 Å². The van der Waals surface area contributed by atoms with Gasteiger partial charge in [-0.25, -0.2) is 4.79 Å². The van der Waals surface area contributed by atoms with E-state index in [1.54, 1.807) is 0 Å². The van der Waals surface area contributed by atoms with Gasteiger partial charge in [-0.3, -0.25) is 14.4 Å². The van der Waals surface area contributed by atoms with Crippen molar-refractivity contribution in [3.63, 3.8) is 0 Å². The molecule has 124 valence electrons. The summed E-state index contributed by atoms with van der Waals surface area (Å²) in [6.45, 7) is 0. The molecule has 0 aromatic carbocycles. The Labute approximate surface area is 144 Å². The van der Waals surface area contributed by atoms with E-state index in [1.165, 1.54) is 19.3 Å². The molecule has 1 aliphatic carbocycles. The third-order valence-corrected chi connectivity index (χ3v) is 5.13. The molecule has 0 bridgehead atoms. The van der Waals surface area contributed by atoms with E-state index in [0.29, 0.717) is 8.99 Å². The minimum absolute atomic E-state index is 0.0887. The molecule has 0 aromatic heterocycles. The summed E-state index contributed by atoms with van der Waals surface area (Å²) in [5.74, 6) is -0.973. The largest absolute Gasteiger partial charge is 0.534 e. The third-order valence-electron chi connectivity index (χ3n) is 4.00. The molecule has 1 saturated heterocycles. The van der Waals surface area contributed by atoms with Crippen LogP contribution in [0.25, 0.3) is 0 Å². The molecule has 2 fully saturated rings. The molecular weight excluding hydrogens is 401 g/mol. The smallest absolute Gasteiger partial charge is 0.429 e. The highest BCUT2D eigenvalue weighted by Gasteiger charge is 2.34. The molecule has 7 heteroatoms. The lowest BCUT2D eigenvalue weighted by Crippen LogP contribution is -2.34. The van der Waals surface area contributed by atoms with E-state index < -0.39 is 18.0 Å². The van der Waals surface area contributed by atoms with Crippen molar-refractivity contribution < 1.29 is 24.0 Å². The van der Waals surface area contributed by atoms with Crippen molar-refractivity contribution >= 4 is 40.6 Å². The summed E-state index contributed by atoms with van der Waals surface area (Å²) >= 11 is 2.40. The second kappa shape index (κ2) is 8.69. The number of carbonyl (C=O) groups is 3. The fraction of sp³-hybridized carbons (Fsp3) is 0.800. The van der Waals surface area contributed by atoms with Crippen molar-refractivity contribution in [1.82, 2.24) is 5.06 Å². The molecular formula is C15H22INO5. The highest BCUT2D eigenvalue weighted by molar-refractivity contribution is 14.1. The molecule has 1 aliphatic heterocycles. The van der Waals surface area contributed by atoms with E-state index in [1.807, 2.05) is 0 Å². The Hall–Kier alpha value is -0.860. The first-order valence-electron chi connectivity index (χ1n) is 7.94. The summed E-state index contributed by atoms with van der Waals surface area (Å²) < 4.78 is 5.80. The zero-order valence-corrected chi connectivity index (χ0v) is 14.7. The van der Waals surface area contributed by atoms with E-state index in [9.17, 15) is 14.4 Å². The molecule has 0 radical (unpaired) electrons. The number of hydrogen-bond donors (Lipinski definition) is 0. The predicted octanol–water partition coefficient (Wildman–Crippen LogP) is 3.51. The lowest BCUT2D eigenvalue weighted by Gasteiger charge is -2.22. The van der Waals surface area contributed by atoms with Crippen molar-refractivity contribution in [3.8, 4) is 0 Å². The van der Waals surface area contributed by atoms with Gasteiger partial charge in [0.25, 0.3) is 11.8 Å². The van der Waals surface area contributed by atoms with Crippen molar-refractivity contribution in [1.29, 1.82) is 0 Å². The van der Waals surface area contributed by atoms with E-state index in [4.69, 9.17) is 9.57 Å². The van der Waals surface area contributed by atoms with E-state index in [0.717, 1.165) is 32.1 Å². The van der Waals surface area contributed by atoms with Gasteiger partial charge in [-0.05, 0) is 25.7 Å². The lowest BCUT2D eigenvalue weighted by molar-refractivity contribution is -0.178. The topological polar surface area (TPSA) is 72.9 Å². The predicted molar refractivity (Wildman–Crippen MR) is 87.2 cm³/mol. The molecule has 1 saturated carbocycles. The molecule has 2 aliphatic rings. The Morgan fingerprint density at radius 1 is 1.00 bits per heavy atom. The van der Waals surface area contributed by atoms with Crippen LogP contribution >= 0.6 is 22.6 Å². The van der Waals surface area contributed by atoms with Crippen LogP contribution in [0.4, 0.5) is 4.79 Å². The molecule has 2 atom stereocenters. The monoisotopic (exact) mass is 423 g/mol. The van der Waals surface area contributed by atoms with Crippen LogP contribution in [-0.2, 0) is 19.2 Å². The first-order chi connectivity index (χ1) is 10.6. The van der Waals surface area contributed by atoms with Crippen LogP contribution < -0.4 is 0 Å². The quantitative estimate of drug-likeness (QED) is 0.294. The number of alkyl halides is 1. The standard InChI is InChI=1S/C15H22INO5/c16-11-6-4-2-1-3-5-7-12(10-11)21-15(20)22-17-13(18)8-9-14(17)19/h11-12H,1-10H2. The van der Waals surface area contributed by atoms with E-state index >= 15 is 0 Å². The van der Waals surface area contributed by atoms with Crippen LogP contribution in [0.3, 0.4) is 0 Å². The number of nitrogens with zero attached hydrogens (tertiary/aromatic N) is 1. The average Bonchev–Trinajstić information content (AvgIpc) is 2.78. The lowest BCUT2D eigenvalue weighted by atomic mass is 9.99. The molecule has 1 heterocycles. The minimum atomic E-state index is -0.950. The number of hydrogen-bond acceptors (Lipinski definition) is 5. The van der Waals surface area contributed by atoms with Gasteiger partial charge in [-0.2, -0.15) is 0 Å². The van der Waals surface area contributed by atoms with Gasteiger partial charge in [-0.15, -0.1) is 0 Å². The maximum Gasteiger partial charge on any atom is 0.534 e. The van der Waals surface area contributed by atoms with Gasteiger partial charge < -0.3 is 4.74 Å². The number of imide groups is 1. The van der Waals surface area contributed by atoms with Crippen molar-refractivity contribution in [3.05, 3.63) is 0 Å². The number of halogens is 1. The molecule has 2 amide bonds. The van der Waals surface area contributed by atoms with Gasteiger partial charge >= 0.3 is 6.16 Å². The summed E-state index contributed by atoms with van der Waals surface area (Å²) in [7, 11) is 0. The van der Waals surface area contributed by atoms with Gasteiger partial charge in [0.2, 0.25) is 0 Å². The fourth-order valence-corrected chi connectivity index (χ4v) is 3.79. The Morgan fingerprint density at radius 3 is 2.27 bits per heavy atom. The maximum atomic E-state index is 11.8. The van der Waals surface area contributed by atoms with Gasteiger partial charge in [0.05, 0.1) is 0 Å². The van der Waals surface area contributed by atoms with Crippen molar-refractivity contribution in [2.75, 3.05) is 0 Å². The highest BCUT2D eigenvalue weighted by Crippen LogP contribution is 2.24. The van der Waals surface area contributed by atoms with Crippen LogP contribution in [0, 0.1) is 0 Å². The normalized spacial score (nSPS) is 27.6. The average molecular weight is 423 g/mol. The Morgan fingerprint density at radius 2 is 1.59 bits per heavy atom. The molecule has 2 unspecified atom stereocenters.